The molecule has 0 saturated carbocycles. The van der Waals surface area contributed by atoms with E-state index in [1.54, 1.807) is 0 Å². The van der Waals surface area contributed by atoms with Crippen LogP contribution in [-0.4, -0.2) is 4.98 Å². The minimum atomic E-state index is 1.25. The largest absolute Gasteiger partial charge is 0.367 e. The number of hydrogen-bond acceptors (Lipinski definition) is 0. The molecule has 0 amide bonds. The molecule has 0 atom stereocenters. The van der Waals surface area contributed by atoms with Crippen molar-refractivity contribution < 1.29 is 0 Å². The molecule has 0 bridgehead atoms. The maximum atomic E-state index is 3.17. The predicted molar refractivity (Wildman–Crippen MR) is 71.8 cm³/mol. The van der Waals surface area contributed by atoms with E-state index >= 15 is 0 Å². The summed E-state index contributed by atoms with van der Waals surface area (Å²) < 4.78 is 0. The molecule has 1 rings (SSSR count). The van der Waals surface area contributed by atoms with Crippen LogP contribution >= 0.6 is 0 Å². The van der Waals surface area contributed by atoms with Crippen LogP contribution in [0.5, 0.6) is 0 Å². The van der Waals surface area contributed by atoms with Crippen LogP contribution in [0.15, 0.2) is 12.4 Å². The summed E-state index contributed by atoms with van der Waals surface area (Å²) in [5.41, 5.74) is 2.92. The van der Waals surface area contributed by atoms with Gasteiger partial charge in [0.15, 0.2) is 0 Å². The first-order valence-corrected chi connectivity index (χ1v) is 6.97. The van der Waals surface area contributed by atoms with Crippen molar-refractivity contribution in [3.05, 3.63) is 23.5 Å². The molecule has 1 aromatic heterocycles. The molecule has 0 fully saturated rings. The topological polar surface area (TPSA) is 15.8 Å². The van der Waals surface area contributed by atoms with Crippen molar-refractivity contribution >= 4 is 0 Å². The van der Waals surface area contributed by atoms with Crippen LogP contribution in [0.3, 0.4) is 0 Å². The third-order valence-corrected chi connectivity index (χ3v) is 3.36. The van der Waals surface area contributed by atoms with Gasteiger partial charge in [-0.2, -0.15) is 0 Å². The molecular formula is C15H27N. The van der Waals surface area contributed by atoms with Crippen LogP contribution < -0.4 is 0 Å². The first kappa shape index (κ1) is 13.3. The van der Waals surface area contributed by atoms with Crippen LogP contribution in [0, 0.1) is 6.92 Å². The monoisotopic (exact) mass is 221 g/mol. The van der Waals surface area contributed by atoms with E-state index in [2.05, 4.69) is 31.2 Å². The molecule has 0 unspecified atom stereocenters. The van der Waals surface area contributed by atoms with Gasteiger partial charge in [-0.25, -0.2) is 0 Å². The van der Waals surface area contributed by atoms with Crippen molar-refractivity contribution in [2.24, 2.45) is 0 Å². The Morgan fingerprint density at radius 3 is 2.06 bits per heavy atom. The second-order valence-corrected chi connectivity index (χ2v) is 4.89. The van der Waals surface area contributed by atoms with E-state index in [9.17, 15) is 0 Å². The zero-order valence-corrected chi connectivity index (χ0v) is 11.0. The molecule has 0 spiro atoms. The second-order valence-electron chi connectivity index (χ2n) is 4.89. The highest BCUT2D eigenvalue weighted by molar-refractivity contribution is 5.21. The van der Waals surface area contributed by atoms with Crippen LogP contribution in [0.4, 0.5) is 0 Å². The van der Waals surface area contributed by atoms with Crippen LogP contribution in [0.25, 0.3) is 0 Å². The smallest absolute Gasteiger partial charge is 0.00400 e. The zero-order chi connectivity index (χ0) is 11.6. The minimum absolute atomic E-state index is 1.25. The lowest BCUT2D eigenvalue weighted by Crippen LogP contribution is -1.86. The fourth-order valence-corrected chi connectivity index (χ4v) is 2.19. The SMILES string of the molecule is CCCCCCCCCCc1c[nH]cc1C. The van der Waals surface area contributed by atoms with Gasteiger partial charge in [-0.3, -0.25) is 0 Å². The Labute approximate surface area is 101 Å². The van der Waals surface area contributed by atoms with Gasteiger partial charge in [-0.15, -0.1) is 0 Å². The van der Waals surface area contributed by atoms with Crippen molar-refractivity contribution in [2.75, 3.05) is 0 Å². The standard InChI is InChI=1S/C15H27N/c1-3-4-5-6-7-8-9-10-11-15-13-16-12-14(15)2/h12-13,16H,3-11H2,1-2H3. The molecule has 1 nitrogen and oxygen atoms in total. The molecule has 0 aliphatic carbocycles. The Morgan fingerprint density at radius 1 is 0.875 bits per heavy atom. The van der Waals surface area contributed by atoms with E-state index in [0.29, 0.717) is 0 Å². The summed E-state index contributed by atoms with van der Waals surface area (Å²) in [4.78, 5) is 3.17. The molecule has 1 heteroatoms. The lowest BCUT2D eigenvalue weighted by atomic mass is 10.0. The summed E-state index contributed by atoms with van der Waals surface area (Å²) in [5.74, 6) is 0. The van der Waals surface area contributed by atoms with Gasteiger partial charge in [-0.05, 0) is 30.9 Å². The molecule has 0 aliphatic heterocycles. The first-order chi connectivity index (χ1) is 7.84. The number of nitrogens with one attached hydrogen (secondary N) is 1. The maximum Gasteiger partial charge on any atom is 0.00400 e. The molecule has 92 valence electrons. The molecule has 16 heavy (non-hydrogen) atoms. The van der Waals surface area contributed by atoms with E-state index in [1.807, 2.05) is 0 Å². The minimum Gasteiger partial charge on any atom is -0.367 e. The number of rotatable bonds is 9. The third kappa shape index (κ3) is 5.39. The maximum absolute atomic E-state index is 3.17. The van der Waals surface area contributed by atoms with Gasteiger partial charge in [0, 0.05) is 12.4 Å². The molecule has 1 heterocycles. The van der Waals surface area contributed by atoms with Gasteiger partial charge >= 0.3 is 0 Å². The van der Waals surface area contributed by atoms with Crippen LogP contribution in [0.2, 0.25) is 0 Å². The number of hydrogen-bond donors (Lipinski definition) is 1. The zero-order valence-electron chi connectivity index (χ0n) is 11.0. The predicted octanol–water partition coefficient (Wildman–Crippen LogP) is 5.01. The summed E-state index contributed by atoms with van der Waals surface area (Å²) in [7, 11) is 0. The van der Waals surface area contributed by atoms with Crippen molar-refractivity contribution in [3.63, 3.8) is 0 Å². The number of aromatic nitrogens is 1. The fraction of sp³-hybridized carbons (Fsp3) is 0.733. The third-order valence-electron chi connectivity index (χ3n) is 3.36. The summed E-state index contributed by atoms with van der Waals surface area (Å²) in [6.07, 6.45) is 16.8. The summed E-state index contributed by atoms with van der Waals surface area (Å²) >= 11 is 0. The van der Waals surface area contributed by atoms with Crippen LogP contribution in [-0.2, 0) is 6.42 Å². The van der Waals surface area contributed by atoms with Gasteiger partial charge in [-0.1, -0.05) is 51.9 Å². The summed E-state index contributed by atoms with van der Waals surface area (Å²) in [6, 6.07) is 0. The van der Waals surface area contributed by atoms with E-state index < -0.39 is 0 Å². The summed E-state index contributed by atoms with van der Waals surface area (Å²) in [6.45, 7) is 4.47. The molecule has 0 saturated heterocycles. The van der Waals surface area contributed by atoms with E-state index in [1.165, 1.54) is 68.9 Å². The average molecular weight is 221 g/mol. The lowest BCUT2D eigenvalue weighted by Gasteiger charge is -2.01. The quantitative estimate of drug-likeness (QED) is 0.564. The highest BCUT2D eigenvalue weighted by Gasteiger charge is 1.98. The van der Waals surface area contributed by atoms with E-state index in [-0.39, 0.29) is 0 Å². The Hall–Kier alpha value is -0.720. The average Bonchev–Trinajstić information content (AvgIpc) is 2.68. The Kier molecular flexibility index (Phi) is 7.03. The Balaban J connectivity index is 1.91. The van der Waals surface area contributed by atoms with Gasteiger partial charge in [0.1, 0.15) is 0 Å². The van der Waals surface area contributed by atoms with Crippen molar-refractivity contribution in [3.8, 4) is 0 Å². The van der Waals surface area contributed by atoms with Crippen LogP contribution in [0.1, 0.15) is 69.4 Å². The van der Waals surface area contributed by atoms with E-state index in [0.717, 1.165) is 0 Å². The molecule has 1 N–H and O–H groups in total. The molecular weight excluding hydrogens is 194 g/mol. The van der Waals surface area contributed by atoms with Gasteiger partial charge < -0.3 is 4.98 Å². The molecule has 0 aromatic carbocycles. The van der Waals surface area contributed by atoms with Crippen molar-refractivity contribution in [2.45, 2.75) is 71.6 Å². The van der Waals surface area contributed by atoms with Crippen molar-refractivity contribution in [1.82, 2.24) is 4.98 Å². The highest BCUT2D eigenvalue weighted by atomic mass is 14.6. The fourth-order valence-electron chi connectivity index (χ4n) is 2.19. The van der Waals surface area contributed by atoms with E-state index in [4.69, 9.17) is 0 Å². The number of aryl methyl sites for hydroxylation is 2. The van der Waals surface area contributed by atoms with Gasteiger partial charge in [0.05, 0.1) is 0 Å². The second kappa shape index (κ2) is 8.43. The number of H-pyrrole nitrogens is 1. The summed E-state index contributed by atoms with van der Waals surface area (Å²) in [5, 5.41) is 0. The molecule has 0 aliphatic rings. The highest BCUT2D eigenvalue weighted by Crippen LogP contribution is 2.13. The Morgan fingerprint density at radius 2 is 1.50 bits per heavy atom. The number of unbranched alkanes of at least 4 members (excludes halogenated alkanes) is 7. The molecule has 1 aromatic rings. The Bertz CT molecular complexity index is 262. The van der Waals surface area contributed by atoms with Gasteiger partial charge in [0.25, 0.3) is 0 Å². The lowest BCUT2D eigenvalue weighted by molar-refractivity contribution is 0.575. The normalized spacial score (nSPS) is 10.9. The first-order valence-electron chi connectivity index (χ1n) is 6.97. The molecule has 0 radical (unpaired) electrons. The van der Waals surface area contributed by atoms with Crippen molar-refractivity contribution in [1.29, 1.82) is 0 Å². The van der Waals surface area contributed by atoms with Gasteiger partial charge in [0.2, 0.25) is 0 Å². The number of aromatic amines is 1.